The Hall–Kier alpha value is -3.11. The highest BCUT2D eigenvalue weighted by Gasteiger charge is 2.23. The smallest absolute Gasteiger partial charge is 0.213 e. The fourth-order valence-corrected chi connectivity index (χ4v) is 4.32. The minimum absolute atomic E-state index is 0.0591. The van der Waals surface area contributed by atoms with Crippen molar-refractivity contribution in [1.29, 1.82) is 0 Å². The summed E-state index contributed by atoms with van der Waals surface area (Å²) in [6.45, 7) is 2.63. The number of nitrogens with zero attached hydrogens (tertiary/aromatic N) is 6. The average molecular weight is 496 g/mol. The van der Waals surface area contributed by atoms with Gasteiger partial charge in [-0.15, -0.1) is 0 Å². The fourth-order valence-electron chi connectivity index (χ4n) is 3.82. The molecular weight excluding hydrogens is 474 g/mol. The van der Waals surface area contributed by atoms with Gasteiger partial charge >= 0.3 is 0 Å². The average Bonchev–Trinajstić information content (AvgIpc) is 3.24. The standard InChI is InChI=1S/C22H22BrN7O2/c1-13-27-19(20-22(28-13)30(12-26-20)17-5-3-4-10-32-17)18-15(23)8-9-24-21(18)29-14-6-7-16(31-2)25-11-14/h6-9,11-12,17H,3-5,10H2,1-2H3,(H,24,29). The molecule has 0 amide bonds. The molecule has 10 heteroatoms. The summed E-state index contributed by atoms with van der Waals surface area (Å²) in [5.74, 6) is 1.83. The maximum absolute atomic E-state index is 5.97. The Kier molecular flexibility index (Phi) is 5.71. The fraction of sp³-hybridized carbons (Fsp3) is 0.318. The predicted octanol–water partition coefficient (Wildman–Crippen LogP) is 4.81. The largest absolute Gasteiger partial charge is 0.481 e. The van der Waals surface area contributed by atoms with E-state index in [0.29, 0.717) is 28.7 Å². The number of anilines is 2. The Bertz CT molecular complexity index is 1250. The SMILES string of the molecule is COc1ccc(Nc2nccc(Br)c2-c2nc(C)nc3c2ncn3C2CCCCO2)cn1. The van der Waals surface area contributed by atoms with Crippen molar-refractivity contribution >= 4 is 38.6 Å². The van der Waals surface area contributed by atoms with Gasteiger partial charge in [0.1, 0.15) is 29.1 Å². The number of hydrogen-bond donors (Lipinski definition) is 1. The number of halogens is 1. The van der Waals surface area contributed by atoms with Crippen LogP contribution in [0.3, 0.4) is 0 Å². The third kappa shape index (κ3) is 3.91. The molecule has 0 bridgehead atoms. The van der Waals surface area contributed by atoms with E-state index in [0.717, 1.165) is 47.2 Å². The van der Waals surface area contributed by atoms with E-state index in [4.69, 9.17) is 14.5 Å². The lowest BCUT2D eigenvalue weighted by atomic mass is 10.1. The molecule has 0 aromatic carbocycles. The van der Waals surface area contributed by atoms with Crippen LogP contribution in [0.4, 0.5) is 11.5 Å². The van der Waals surface area contributed by atoms with Gasteiger partial charge in [0.2, 0.25) is 5.88 Å². The Morgan fingerprint density at radius 2 is 2.06 bits per heavy atom. The number of hydrogen-bond acceptors (Lipinski definition) is 8. The molecule has 1 aliphatic rings. The molecule has 1 N–H and O–H groups in total. The molecule has 0 aliphatic carbocycles. The first kappa shape index (κ1) is 20.8. The van der Waals surface area contributed by atoms with Crippen molar-refractivity contribution in [3.8, 4) is 17.1 Å². The molecule has 4 aromatic rings. The predicted molar refractivity (Wildman–Crippen MR) is 124 cm³/mol. The number of methoxy groups -OCH3 is 1. The van der Waals surface area contributed by atoms with Gasteiger partial charge in [-0.3, -0.25) is 4.57 Å². The lowest BCUT2D eigenvalue weighted by molar-refractivity contribution is -0.0298. The highest BCUT2D eigenvalue weighted by Crippen LogP contribution is 2.38. The summed E-state index contributed by atoms with van der Waals surface area (Å²) in [5.41, 5.74) is 3.74. The van der Waals surface area contributed by atoms with E-state index in [9.17, 15) is 0 Å². The maximum atomic E-state index is 5.97. The van der Waals surface area contributed by atoms with Crippen molar-refractivity contribution in [2.45, 2.75) is 32.4 Å². The Balaban J connectivity index is 1.61. The van der Waals surface area contributed by atoms with Crippen LogP contribution in [0.1, 0.15) is 31.3 Å². The molecule has 5 rings (SSSR count). The summed E-state index contributed by atoms with van der Waals surface area (Å²) in [6, 6.07) is 5.56. The van der Waals surface area contributed by atoms with E-state index in [1.54, 1.807) is 31.9 Å². The third-order valence-electron chi connectivity index (χ3n) is 5.34. The molecule has 164 valence electrons. The van der Waals surface area contributed by atoms with E-state index in [1.807, 2.05) is 23.6 Å². The normalized spacial score (nSPS) is 16.3. The molecule has 1 fully saturated rings. The van der Waals surface area contributed by atoms with Gasteiger partial charge in [0.05, 0.1) is 30.9 Å². The molecule has 1 atom stereocenters. The second kappa shape index (κ2) is 8.79. The quantitative estimate of drug-likeness (QED) is 0.421. The van der Waals surface area contributed by atoms with Crippen molar-refractivity contribution in [3.63, 3.8) is 0 Å². The topological polar surface area (TPSA) is 99.9 Å². The molecule has 0 saturated carbocycles. The molecule has 1 aliphatic heterocycles. The number of aryl methyl sites for hydroxylation is 1. The highest BCUT2D eigenvalue weighted by molar-refractivity contribution is 9.10. The van der Waals surface area contributed by atoms with Gasteiger partial charge < -0.3 is 14.8 Å². The molecule has 9 nitrogen and oxygen atoms in total. The molecule has 32 heavy (non-hydrogen) atoms. The van der Waals surface area contributed by atoms with Crippen LogP contribution in [0.15, 0.2) is 41.4 Å². The molecular formula is C22H22BrN7O2. The highest BCUT2D eigenvalue weighted by atomic mass is 79.9. The second-order valence-electron chi connectivity index (χ2n) is 7.50. The van der Waals surface area contributed by atoms with Crippen molar-refractivity contribution in [2.24, 2.45) is 0 Å². The zero-order valence-corrected chi connectivity index (χ0v) is 19.3. The number of imidazole rings is 1. The summed E-state index contributed by atoms with van der Waals surface area (Å²) in [7, 11) is 1.59. The van der Waals surface area contributed by atoms with Crippen molar-refractivity contribution in [1.82, 2.24) is 29.5 Å². The van der Waals surface area contributed by atoms with Crippen molar-refractivity contribution in [3.05, 3.63) is 47.2 Å². The van der Waals surface area contributed by atoms with Gasteiger partial charge in [-0.1, -0.05) is 0 Å². The zero-order valence-electron chi connectivity index (χ0n) is 17.7. The van der Waals surface area contributed by atoms with E-state index < -0.39 is 0 Å². The van der Waals surface area contributed by atoms with Crippen molar-refractivity contribution < 1.29 is 9.47 Å². The minimum atomic E-state index is -0.0591. The number of pyridine rings is 2. The Morgan fingerprint density at radius 1 is 1.16 bits per heavy atom. The van der Waals surface area contributed by atoms with Gasteiger partial charge in [0, 0.05) is 23.3 Å². The van der Waals surface area contributed by atoms with E-state index in [-0.39, 0.29) is 6.23 Å². The second-order valence-corrected chi connectivity index (χ2v) is 8.35. The number of rotatable bonds is 5. The summed E-state index contributed by atoms with van der Waals surface area (Å²) in [4.78, 5) is 22.9. The molecule has 4 aromatic heterocycles. The zero-order chi connectivity index (χ0) is 22.1. The number of nitrogens with one attached hydrogen (secondary N) is 1. The molecule has 0 radical (unpaired) electrons. The molecule has 5 heterocycles. The first-order valence-electron chi connectivity index (χ1n) is 10.4. The van der Waals surface area contributed by atoms with Crippen molar-refractivity contribution in [2.75, 3.05) is 19.0 Å². The van der Waals surface area contributed by atoms with E-state index in [2.05, 4.69) is 41.2 Å². The lowest BCUT2D eigenvalue weighted by Gasteiger charge is -2.23. The molecule has 1 saturated heterocycles. The summed E-state index contributed by atoms with van der Waals surface area (Å²) in [6.07, 6.45) is 8.31. The van der Waals surface area contributed by atoms with Crippen LogP contribution in [0, 0.1) is 6.92 Å². The van der Waals surface area contributed by atoms with Crippen LogP contribution in [0.2, 0.25) is 0 Å². The minimum Gasteiger partial charge on any atom is -0.481 e. The number of fused-ring (bicyclic) bond motifs is 1. The van der Waals surface area contributed by atoms with Gasteiger partial charge in [-0.25, -0.2) is 24.9 Å². The van der Waals surface area contributed by atoms with Crippen LogP contribution < -0.4 is 10.1 Å². The summed E-state index contributed by atoms with van der Waals surface area (Å²) in [5, 5.41) is 3.34. The maximum Gasteiger partial charge on any atom is 0.213 e. The Labute approximate surface area is 193 Å². The first-order chi connectivity index (χ1) is 15.6. The monoisotopic (exact) mass is 495 g/mol. The summed E-state index contributed by atoms with van der Waals surface area (Å²) >= 11 is 3.68. The van der Waals surface area contributed by atoms with Crippen LogP contribution in [0.25, 0.3) is 22.4 Å². The lowest BCUT2D eigenvalue weighted by Crippen LogP contribution is -2.18. The number of ether oxygens (including phenoxy) is 2. The van der Waals surface area contributed by atoms with Crippen LogP contribution in [-0.2, 0) is 4.74 Å². The van der Waals surface area contributed by atoms with Gasteiger partial charge in [-0.05, 0) is 54.2 Å². The summed E-state index contributed by atoms with van der Waals surface area (Å²) < 4.78 is 14.0. The van der Waals surface area contributed by atoms with Crippen LogP contribution in [-0.4, -0.2) is 43.2 Å². The van der Waals surface area contributed by atoms with Crippen LogP contribution >= 0.6 is 15.9 Å². The number of aromatic nitrogens is 6. The molecule has 1 unspecified atom stereocenters. The van der Waals surface area contributed by atoms with Gasteiger partial charge in [0.15, 0.2) is 5.65 Å². The van der Waals surface area contributed by atoms with E-state index in [1.165, 1.54) is 0 Å². The van der Waals surface area contributed by atoms with E-state index >= 15 is 0 Å². The van der Waals surface area contributed by atoms with Gasteiger partial charge in [-0.2, -0.15) is 0 Å². The first-order valence-corrected chi connectivity index (χ1v) is 11.2. The Morgan fingerprint density at radius 3 is 2.81 bits per heavy atom. The molecule has 0 spiro atoms. The van der Waals surface area contributed by atoms with Gasteiger partial charge in [0.25, 0.3) is 0 Å². The van der Waals surface area contributed by atoms with Crippen LogP contribution in [0.5, 0.6) is 5.88 Å². The third-order valence-corrected chi connectivity index (χ3v) is 6.01.